The molecule has 0 aliphatic carbocycles. The lowest BCUT2D eigenvalue weighted by molar-refractivity contribution is -0.0970. The van der Waals surface area contributed by atoms with Crippen LogP contribution in [0, 0.1) is 5.92 Å². The zero-order valence-electron chi connectivity index (χ0n) is 15.8. The van der Waals surface area contributed by atoms with Crippen LogP contribution in [-0.4, -0.2) is 23.6 Å². The van der Waals surface area contributed by atoms with E-state index in [1.165, 1.54) is 0 Å². The van der Waals surface area contributed by atoms with Gasteiger partial charge in [-0.15, -0.1) is 0 Å². The third-order valence-electron chi connectivity index (χ3n) is 4.45. The summed E-state index contributed by atoms with van der Waals surface area (Å²) in [6.07, 6.45) is 0.229. The largest absolute Gasteiger partial charge is 0.454 e. The Kier molecular flexibility index (Phi) is 6.56. The number of ether oxygens (including phenoxy) is 2. The smallest absolute Gasteiger partial charge is 0.338 e. The third kappa shape index (κ3) is 4.94. The predicted octanol–water partition coefficient (Wildman–Crippen LogP) is 4.89. The molecule has 0 N–H and O–H groups in total. The molecular formula is C22H26O4. The summed E-state index contributed by atoms with van der Waals surface area (Å²) in [4.78, 5) is 25.0. The highest BCUT2D eigenvalue weighted by atomic mass is 16.6. The minimum absolute atomic E-state index is 0.0289. The summed E-state index contributed by atoms with van der Waals surface area (Å²) in [5.41, 5.74) is -0.0175. The van der Waals surface area contributed by atoms with E-state index in [-0.39, 0.29) is 5.92 Å². The highest BCUT2D eigenvalue weighted by Gasteiger charge is 2.40. The quantitative estimate of drug-likeness (QED) is 0.664. The van der Waals surface area contributed by atoms with Crippen molar-refractivity contribution in [1.82, 2.24) is 0 Å². The highest BCUT2D eigenvalue weighted by Crippen LogP contribution is 2.28. The molecule has 0 bridgehead atoms. The van der Waals surface area contributed by atoms with Crippen LogP contribution in [0.5, 0.6) is 0 Å². The molecule has 0 aliphatic heterocycles. The lowest BCUT2D eigenvalue weighted by atomic mass is 9.88. The monoisotopic (exact) mass is 354 g/mol. The molecule has 2 aromatic rings. The van der Waals surface area contributed by atoms with Crippen molar-refractivity contribution in [3.63, 3.8) is 0 Å². The maximum absolute atomic E-state index is 12.5. The molecule has 26 heavy (non-hydrogen) atoms. The van der Waals surface area contributed by atoms with E-state index >= 15 is 0 Å². The predicted molar refractivity (Wildman–Crippen MR) is 101 cm³/mol. The molecule has 138 valence electrons. The molecule has 0 saturated carbocycles. The Bertz CT molecular complexity index is 722. The first-order valence-corrected chi connectivity index (χ1v) is 8.89. The maximum Gasteiger partial charge on any atom is 0.338 e. The SMILES string of the molecule is CCC(C)C(OC(=O)c1ccccc1)C(C)(C)OC(=O)c1ccccc1. The summed E-state index contributed by atoms with van der Waals surface area (Å²) >= 11 is 0. The van der Waals surface area contributed by atoms with E-state index < -0.39 is 23.6 Å². The van der Waals surface area contributed by atoms with Gasteiger partial charge in [0.2, 0.25) is 0 Å². The van der Waals surface area contributed by atoms with Gasteiger partial charge < -0.3 is 9.47 Å². The summed E-state index contributed by atoms with van der Waals surface area (Å²) in [5.74, 6) is -0.819. The van der Waals surface area contributed by atoms with Gasteiger partial charge in [-0.05, 0) is 50.5 Å². The summed E-state index contributed by atoms with van der Waals surface area (Å²) in [7, 11) is 0. The maximum atomic E-state index is 12.5. The van der Waals surface area contributed by atoms with Crippen molar-refractivity contribution >= 4 is 11.9 Å². The summed E-state index contributed by atoms with van der Waals surface area (Å²) in [6, 6.07) is 17.6. The summed E-state index contributed by atoms with van der Waals surface area (Å²) in [5, 5.41) is 0. The lowest BCUT2D eigenvalue weighted by Gasteiger charge is -2.36. The van der Waals surface area contributed by atoms with Gasteiger partial charge in [-0.25, -0.2) is 9.59 Å². The van der Waals surface area contributed by atoms with E-state index in [2.05, 4.69) is 0 Å². The number of esters is 2. The fourth-order valence-corrected chi connectivity index (χ4v) is 2.85. The van der Waals surface area contributed by atoms with Gasteiger partial charge in [0.25, 0.3) is 0 Å². The molecule has 0 aliphatic rings. The molecule has 0 saturated heterocycles. The second kappa shape index (κ2) is 8.65. The van der Waals surface area contributed by atoms with Gasteiger partial charge in [-0.1, -0.05) is 50.2 Å². The molecule has 0 amide bonds. The van der Waals surface area contributed by atoms with Crippen LogP contribution < -0.4 is 0 Å². The van der Waals surface area contributed by atoms with Gasteiger partial charge in [0.15, 0.2) is 0 Å². The second-order valence-electron chi connectivity index (χ2n) is 6.94. The van der Waals surface area contributed by atoms with Crippen LogP contribution in [0.3, 0.4) is 0 Å². The van der Waals surface area contributed by atoms with Crippen LogP contribution in [0.25, 0.3) is 0 Å². The van der Waals surface area contributed by atoms with Crippen LogP contribution >= 0.6 is 0 Å². The average molecular weight is 354 g/mol. The molecule has 0 radical (unpaired) electrons. The Morgan fingerprint density at radius 3 is 1.81 bits per heavy atom. The van der Waals surface area contributed by atoms with Gasteiger partial charge in [0.1, 0.15) is 11.7 Å². The Morgan fingerprint density at radius 2 is 1.35 bits per heavy atom. The van der Waals surface area contributed by atoms with Gasteiger partial charge in [-0.2, -0.15) is 0 Å². The molecule has 0 fully saturated rings. The van der Waals surface area contributed by atoms with Crippen LogP contribution in [0.2, 0.25) is 0 Å². The first kappa shape index (κ1) is 19.7. The first-order valence-electron chi connectivity index (χ1n) is 8.89. The van der Waals surface area contributed by atoms with Crippen LogP contribution in [-0.2, 0) is 9.47 Å². The van der Waals surface area contributed by atoms with Gasteiger partial charge in [0, 0.05) is 0 Å². The molecule has 4 nitrogen and oxygen atoms in total. The number of rotatable bonds is 7. The van der Waals surface area contributed by atoms with E-state index in [1.807, 2.05) is 26.0 Å². The molecule has 0 heterocycles. The van der Waals surface area contributed by atoms with Crippen molar-refractivity contribution in [3.8, 4) is 0 Å². The Labute approximate surface area is 155 Å². The zero-order valence-corrected chi connectivity index (χ0v) is 15.8. The van der Waals surface area contributed by atoms with Crippen LogP contribution in [0.4, 0.5) is 0 Å². The van der Waals surface area contributed by atoms with Gasteiger partial charge in [-0.3, -0.25) is 0 Å². The average Bonchev–Trinajstić information content (AvgIpc) is 2.66. The molecule has 4 heteroatoms. The Morgan fingerprint density at radius 1 is 0.885 bits per heavy atom. The summed E-state index contributed by atoms with van der Waals surface area (Å²) in [6.45, 7) is 7.57. The second-order valence-corrected chi connectivity index (χ2v) is 6.94. The van der Waals surface area contributed by atoms with Crippen LogP contribution in [0.1, 0.15) is 54.8 Å². The number of benzene rings is 2. The van der Waals surface area contributed by atoms with Crippen molar-refractivity contribution in [1.29, 1.82) is 0 Å². The molecule has 2 unspecified atom stereocenters. The topological polar surface area (TPSA) is 52.6 Å². The summed E-state index contributed by atoms with van der Waals surface area (Å²) < 4.78 is 11.5. The van der Waals surface area contributed by atoms with Crippen molar-refractivity contribution in [2.24, 2.45) is 5.92 Å². The fraction of sp³-hybridized carbons (Fsp3) is 0.364. The first-order chi connectivity index (χ1) is 12.3. The highest BCUT2D eigenvalue weighted by molar-refractivity contribution is 5.90. The van der Waals surface area contributed by atoms with Crippen molar-refractivity contribution in [3.05, 3.63) is 71.8 Å². The lowest BCUT2D eigenvalue weighted by Crippen LogP contribution is -2.47. The zero-order chi connectivity index (χ0) is 19.2. The standard InChI is InChI=1S/C22H26O4/c1-5-16(2)19(25-20(23)17-12-8-6-9-13-17)22(3,4)26-21(24)18-14-10-7-11-15-18/h6-16,19H,5H2,1-4H3. The van der Waals surface area contributed by atoms with E-state index in [1.54, 1.807) is 62.4 Å². The number of carbonyl (C=O) groups is 2. The molecule has 2 atom stereocenters. The van der Waals surface area contributed by atoms with Crippen molar-refractivity contribution in [2.45, 2.75) is 45.8 Å². The molecule has 0 aromatic heterocycles. The van der Waals surface area contributed by atoms with Crippen molar-refractivity contribution in [2.75, 3.05) is 0 Å². The molecule has 2 rings (SSSR count). The molecule has 2 aromatic carbocycles. The number of hydrogen-bond acceptors (Lipinski definition) is 4. The van der Waals surface area contributed by atoms with Crippen molar-refractivity contribution < 1.29 is 19.1 Å². The molecule has 0 spiro atoms. The van der Waals surface area contributed by atoms with E-state index in [0.29, 0.717) is 11.1 Å². The minimum Gasteiger partial charge on any atom is -0.454 e. The van der Waals surface area contributed by atoms with Gasteiger partial charge in [0.05, 0.1) is 11.1 Å². The number of carbonyl (C=O) groups excluding carboxylic acids is 2. The Hall–Kier alpha value is -2.62. The number of hydrogen-bond donors (Lipinski definition) is 0. The minimum atomic E-state index is -0.965. The normalized spacial score (nSPS) is 13.5. The Balaban J connectivity index is 2.18. The van der Waals surface area contributed by atoms with Crippen LogP contribution in [0.15, 0.2) is 60.7 Å². The van der Waals surface area contributed by atoms with E-state index in [0.717, 1.165) is 6.42 Å². The fourth-order valence-electron chi connectivity index (χ4n) is 2.85. The van der Waals surface area contributed by atoms with E-state index in [9.17, 15) is 9.59 Å². The van der Waals surface area contributed by atoms with Gasteiger partial charge >= 0.3 is 11.9 Å². The molecular weight excluding hydrogens is 328 g/mol. The third-order valence-corrected chi connectivity index (χ3v) is 4.45. The van der Waals surface area contributed by atoms with E-state index in [4.69, 9.17) is 9.47 Å².